The summed E-state index contributed by atoms with van der Waals surface area (Å²) in [7, 11) is 0. The number of benzene rings is 2. The van der Waals surface area contributed by atoms with Crippen LogP contribution in [-0.2, 0) is 0 Å². The van der Waals surface area contributed by atoms with Crippen molar-refractivity contribution in [1.82, 2.24) is 9.97 Å². The highest BCUT2D eigenvalue weighted by Gasteiger charge is 2.11. The van der Waals surface area contributed by atoms with Crippen molar-refractivity contribution < 1.29 is 9.13 Å². The van der Waals surface area contributed by atoms with Gasteiger partial charge in [-0.2, -0.15) is 0 Å². The lowest BCUT2D eigenvalue weighted by molar-refractivity contribution is 0.432. The quantitative estimate of drug-likeness (QED) is 0.729. The molecule has 1 heterocycles. The minimum absolute atomic E-state index is 0.00863. The number of aromatic nitrogens is 2. The van der Waals surface area contributed by atoms with Gasteiger partial charge in [0.1, 0.15) is 6.33 Å². The molecule has 0 saturated heterocycles. The molecular weight excluding hydrogens is 281 g/mol. The Hall–Kier alpha value is -2.40. The molecule has 3 rings (SSSR count). The van der Waals surface area contributed by atoms with E-state index in [4.69, 9.17) is 22.1 Å². The Morgan fingerprint density at radius 2 is 2.00 bits per heavy atom. The number of ether oxygens (including phenoxy) is 1. The van der Waals surface area contributed by atoms with Crippen molar-refractivity contribution in [2.75, 3.05) is 5.73 Å². The molecule has 2 N–H and O–H groups in total. The molecule has 0 amide bonds. The summed E-state index contributed by atoms with van der Waals surface area (Å²) >= 11 is 5.71. The van der Waals surface area contributed by atoms with Crippen LogP contribution in [0, 0.1) is 5.82 Å². The number of nitrogen functional groups attached to an aromatic ring is 1. The molecule has 0 saturated carbocycles. The number of anilines is 1. The van der Waals surface area contributed by atoms with Crippen molar-refractivity contribution in [3.05, 3.63) is 53.6 Å². The van der Waals surface area contributed by atoms with E-state index in [9.17, 15) is 4.39 Å². The van der Waals surface area contributed by atoms with Gasteiger partial charge >= 0.3 is 0 Å². The minimum Gasteiger partial charge on any atom is -0.435 e. The summed E-state index contributed by atoms with van der Waals surface area (Å²) in [4.78, 5) is 8.11. The first-order valence-corrected chi connectivity index (χ1v) is 6.15. The van der Waals surface area contributed by atoms with Crippen molar-refractivity contribution in [2.24, 2.45) is 0 Å². The van der Waals surface area contributed by atoms with Gasteiger partial charge in [-0.3, -0.25) is 0 Å². The van der Waals surface area contributed by atoms with E-state index in [0.717, 1.165) is 0 Å². The lowest BCUT2D eigenvalue weighted by Crippen LogP contribution is -1.94. The van der Waals surface area contributed by atoms with E-state index in [1.54, 1.807) is 24.3 Å². The molecule has 0 radical (unpaired) electrons. The lowest BCUT2D eigenvalue weighted by Gasteiger charge is -2.08. The molecule has 0 aliphatic heterocycles. The molecule has 0 aliphatic carbocycles. The number of hydrogen-bond acceptors (Lipinski definition) is 4. The number of rotatable bonds is 2. The van der Waals surface area contributed by atoms with Crippen molar-refractivity contribution in [3.8, 4) is 11.6 Å². The highest BCUT2D eigenvalue weighted by atomic mass is 35.5. The Balaban J connectivity index is 2.09. The maximum absolute atomic E-state index is 13.8. The second-order valence-corrected chi connectivity index (χ2v) is 4.52. The van der Waals surface area contributed by atoms with Gasteiger partial charge < -0.3 is 10.5 Å². The number of nitrogens with zero attached hydrogens (tertiary/aromatic N) is 2. The third-order valence-corrected chi connectivity index (χ3v) is 3.04. The van der Waals surface area contributed by atoms with Gasteiger partial charge in [0.05, 0.1) is 15.9 Å². The van der Waals surface area contributed by atoms with Gasteiger partial charge in [-0.1, -0.05) is 17.7 Å². The normalized spacial score (nSPS) is 10.7. The first-order chi connectivity index (χ1) is 9.65. The van der Waals surface area contributed by atoms with E-state index in [1.165, 1.54) is 18.5 Å². The number of fused-ring (bicyclic) bond motifs is 1. The van der Waals surface area contributed by atoms with Crippen LogP contribution in [0.3, 0.4) is 0 Å². The van der Waals surface area contributed by atoms with Gasteiger partial charge in [0.15, 0.2) is 11.6 Å². The zero-order valence-electron chi connectivity index (χ0n) is 10.2. The maximum atomic E-state index is 13.8. The largest absolute Gasteiger partial charge is 0.435 e. The molecule has 0 unspecified atom stereocenters. The Bertz CT molecular complexity index is 794. The Labute approximate surface area is 119 Å². The van der Waals surface area contributed by atoms with E-state index in [1.807, 2.05) is 0 Å². The van der Waals surface area contributed by atoms with E-state index in [2.05, 4.69) is 9.97 Å². The molecule has 100 valence electrons. The van der Waals surface area contributed by atoms with Gasteiger partial charge in [-0.05, 0) is 30.3 Å². The van der Waals surface area contributed by atoms with Crippen LogP contribution in [-0.4, -0.2) is 9.97 Å². The smallest absolute Gasteiger partial charge is 0.230 e. The van der Waals surface area contributed by atoms with E-state index in [-0.39, 0.29) is 16.7 Å². The first-order valence-electron chi connectivity index (χ1n) is 5.77. The molecule has 1 aromatic heterocycles. The van der Waals surface area contributed by atoms with Crippen LogP contribution in [0.2, 0.25) is 5.02 Å². The van der Waals surface area contributed by atoms with Crippen LogP contribution in [0.1, 0.15) is 0 Å². The zero-order chi connectivity index (χ0) is 14.1. The van der Waals surface area contributed by atoms with Crippen LogP contribution >= 0.6 is 11.6 Å². The number of halogens is 2. The summed E-state index contributed by atoms with van der Waals surface area (Å²) in [5.74, 6) is -0.373. The fraction of sp³-hybridized carbons (Fsp3) is 0. The van der Waals surface area contributed by atoms with E-state index < -0.39 is 5.82 Å². The molecule has 20 heavy (non-hydrogen) atoms. The highest BCUT2D eigenvalue weighted by molar-refractivity contribution is 6.30. The SMILES string of the molecule is Nc1ccc2c(Oc3cccc(Cl)c3F)ncnc2c1. The Morgan fingerprint density at radius 1 is 1.15 bits per heavy atom. The molecule has 2 aromatic carbocycles. The zero-order valence-corrected chi connectivity index (χ0v) is 10.9. The summed E-state index contributed by atoms with van der Waals surface area (Å²) in [6.07, 6.45) is 1.33. The number of hydrogen-bond donors (Lipinski definition) is 1. The molecule has 0 aliphatic rings. The Morgan fingerprint density at radius 3 is 2.85 bits per heavy atom. The summed E-state index contributed by atoms with van der Waals surface area (Å²) in [6, 6.07) is 9.64. The van der Waals surface area contributed by atoms with Gasteiger partial charge in [0.25, 0.3) is 0 Å². The van der Waals surface area contributed by atoms with Crippen molar-refractivity contribution in [2.45, 2.75) is 0 Å². The van der Waals surface area contributed by atoms with E-state index in [0.29, 0.717) is 16.6 Å². The fourth-order valence-corrected chi connectivity index (χ4v) is 1.96. The average Bonchev–Trinajstić information content (AvgIpc) is 2.44. The molecule has 0 fully saturated rings. The summed E-state index contributed by atoms with van der Waals surface area (Å²) < 4.78 is 19.3. The molecule has 4 nitrogen and oxygen atoms in total. The van der Waals surface area contributed by atoms with Crippen LogP contribution in [0.4, 0.5) is 10.1 Å². The van der Waals surface area contributed by atoms with Crippen LogP contribution < -0.4 is 10.5 Å². The van der Waals surface area contributed by atoms with Crippen LogP contribution in [0.15, 0.2) is 42.7 Å². The highest BCUT2D eigenvalue weighted by Crippen LogP contribution is 2.31. The third-order valence-electron chi connectivity index (χ3n) is 2.75. The molecular formula is C14H9ClFN3O. The van der Waals surface area contributed by atoms with Gasteiger partial charge in [0, 0.05) is 5.69 Å². The van der Waals surface area contributed by atoms with Gasteiger partial charge in [-0.15, -0.1) is 0 Å². The van der Waals surface area contributed by atoms with E-state index >= 15 is 0 Å². The van der Waals surface area contributed by atoms with Gasteiger partial charge in [0.2, 0.25) is 5.88 Å². The predicted molar refractivity (Wildman–Crippen MR) is 75.4 cm³/mol. The van der Waals surface area contributed by atoms with Crippen LogP contribution in [0.5, 0.6) is 11.6 Å². The molecule has 6 heteroatoms. The fourth-order valence-electron chi connectivity index (χ4n) is 1.80. The minimum atomic E-state index is -0.628. The Kier molecular flexibility index (Phi) is 3.12. The lowest BCUT2D eigenvalue weighted by atomic mass is 10.2. The average molecular weight is 290 g/mol. The second kappa shape index (κ2) is 4.94. The standard InChI is InChI=1S/C14H9ClFN3O/c15-10-2-1-3-12(13(10)16)20-14-9-5-4-8(17)6-11(9)18-7-19-14/h1-7H,17H2. The molecule has 0 bridgehead atoms. The van der Waals surface area contributed by atoms with Gasteiger partial charge in [-0.25, -0.2) is 14.4 Å². The first kappa shape index (κ1) is 12.6. The number of nitrogens with two attached hydrogens (primary N) is 1. The predicted octanol–water partition coefficient (Wildman–Crippen LogP) is 3.80. The second-order valence-electron chi connectivity index (χ2n) is 4.11. The molecule has 0 atom stereocenters. The van der Waals surface area contributed by atoms with Crippen molar-refractivity contribution >= 4 is 28.2 Å². The third kappa shape index (κ3) is 2.23. The maximum Gasteiger partial charge on any atom is 0.230 e. The summed E-state index contributed by atoms with van der Waals surface area (Å²) in [6.45, 7) is 0. The molecule has 3 aromatic rings. The van der Waals surface area contributed by atoms with Crippen molar-refractivity contribution in [1.29, 1.82) is 0 Å². The van der Waals surface area contributed by atoms with Crippen LogP contribution in [0.25, 0.3) is 10.9 Å². The topological polar surface area (TPSA) is 61.0 Å². The van der Waals surface area contributed by atoms with Crippen molar-refractivity contribution in [3.63, 3.8) is 0 Å². The summed E-state index contributed by atoms with van der Waals surface area (Å²) in [5.41, 5.74) is 6.89. The monoisotopic (exact) mass is 289 g/mol. The molecule has 0 spiro atoms. The summed E-state index contributed by atoms with van der Waals surface area (Å²) in [5, 5.41) is 0.631.